The van der Waals surface area contributed by atoms with Crippen LogP contribution in [-0.2, 0) is 6.42 Å². The molecule has 1 heteroatoms. The minimum absolute atomic E-state index is 1.00. The van der Waals surface area contributed by atoms with Crippen LogP contribution >= 0.6 is 11.3 Å². The number of hydrogen-bond acceptors (Lipinski definition) is 1. The highest BCUT2D eigenvalue weighted by molar-refractivity contribution is 7.07. The molecule has 0 unspecified atom stereocenters. The van der Waals surface area contributed by atoms with Crippen LogP contribution in [0.5, 0.6) is 0 Å². The van der Waals surface area contributed by atoms with Crippen LogP contribution in [0.3, 0.4) is 0 Å². The van der Waals surface area contributed by atoms with Gasteiger partial charge in [0, 0.05) is 0 Å². The van der Waals surface area contributed by atoms with Gasteiger partial charge in [-0.1, -0.05) is 6.08 Å². The Morgan fingerprint density at radius 2 is 2.62 bits per heavy atom. The average molecular weight is 124 g/mol. The molecule has 0 nitrogen and oxygen atoms in total. The van der Waals surface area contributed by atoms with Crippen molar-refractivity contribution < 1.29 is 0 Å². The summed E-state index contributed by atoms with van der Waals surface area (Å²) in [4.78, 5) is 0. The molecule has 0 amide bonds. The van der Waals surface area contributed by atoms with Crippen molar-refractivity contribution in [3.05, 3.63) is 35.0 Å². The van der Waals surface area contributed by atoms with Crippen molar-refractivity contribution in [1.29, 1.82) is 0 Å². The summed E-state index contributed by atoms with van der Waals surface area (Å²) in [5, 5.41) is 4.22. The first kappa shape index (κ1) is 5.57. The third-order valence-corrected chi connectivity index (χ3v) is 1.69. The summed E-state index contributed by atoms with van der Waals surface area (Å²) in [6, 6.07) is 2.12. The van der Waals surface area contributed by atoms with E-state index in [9.17, 15) is 0 Å². The van der Waals surface area contributed by atoms with Crippen molar-refractivity contribution in [2.24, 2.45) is 0 Å². The van der Waals surface area contributed by atoms with Crippen LogP contribution in [0.4, 0.5) is 0 Å². The molecule has 1 rings (SSSR count). The SMILES string of the molecule is C=CCc1ccsc1. The Morgan fingerprint density at radius 1 is 1.75 bits per heavy atom. The summed E-state index contributed by atoms with van der Waals surface area (Å²) in [7, 11) is 0. The Hall–Kier alpha value is -0.560. The van der Waals surface area contributed by atoms with Gasteiger partial charge in [-0.2, -0.15) is 11.3 Å². The molecule has 8 heavy (non-hydrogen) atoms. The minimum Gasteiger partial charge on any atom is -0.152 e. The summed E-state index contributed by atoms with van der Waals surface area (Å²) < 4.78 is 0. The molecule has 0 N–H and O–H groups in total. The zero-order valence-electron chi connectivity index (χ0n) is 4.63. The number of rotatable bonds is 2. The van der Waals surface area contributed by atoms with Gasteiger partial charge in [0.05, 0.1) is 0 Å². The van der Waals surface area contributed by atoms with Crippen LogP contribution in [0, 0.1) is 0 Å². The largest absolute Gasteiger partial charge is 0.152 e. The van der Waals surface area contributed by atoms with Crippen LogP contribution in [0.2, 0.25) is 0 Å². The van der Waals surface area contributed by atoms with Gasteiger partial charge in [-0.05, 0) is 28.8 Å². The topological polar surface area (TPSA) is 0 Å². The molecule has 0 bridgehead atoms. The lowest BCUT2D eigenvalue weighted by molar-refractivity contribution is 1.31. The lowest BCUT2D eigenvalue weighted by Crippen LogP contribution is -1.69. The van der Waals surface area contributed by atoms with Gasteiger partial charge in [-0.3, -0.25) is 0 Å². The Bertz CT molecular complexity index is 151. The molecule has 0 aliphatic rings. The van der Waals surface area contributed by atoms with Gasteiger partial charge in [0.15, 0.2) is 0 Å². The van der Waals surface area contributed by atoms with Crippen molar-refractivity contribution in [1.82, 2.24) is 0 Å². The van der Waals surface area contributed by atoms with E-state index in [0.717, 1.165) is 6.42 Å². The molecule has 0 saturated carbocycles. The normalized spacial score (nSPS) is 9.00. The summed E-state index contributed by atoms with van der Waals surface area (Å²) in [6.45, 7) is 3.64. The van der Waals surface area contributed by atoms with E-state index in [1.807, 2.05) is 6.08 Å². The summed E-state index contributed by atoms with van der Waals surface area (Å²) in [6.07, 6.45) is 2.92. The van der Waals surface area contributed by atoms with Crippen molar-refractivity contribution >= 4 is 11.3 Å². The quantitative estimate of drug-likeness (QED) is 0.531. The second kappa shape index (κ2) is 2.68. The molecular formula is C7H8S. The van der Waals surface area contributed by atoms with E-state index in [4.69, 9.17) is 0 Å². The molecule has 1 heterocycles. The Morgan fingerprint density at radius 3 is 3.12 bits per heavy atom. The maximum absolute atomic E-state index is 3.64. The van der Waals surface area contributed by atoms with E-state index in [0.29, 0.717) is 0 Å². The van der Waals surface area contributed by atoms with Crippen LogP contribution in [0.25, 0.3) is 0 Å². The zero-order chi connectivity index (χ0) is 5.82. The van der Waals surface area contributed by atoms with Crippen LogP contribution in [-0.4, -0.2) is 0 Å². The van der Waals surface area contributed by atoms with E-state index in [1.54, 1.807) is 11.3 Å². The second-order valence-corrected chi connectivity index (χ2v) is 2.40. The first-order chi connectivity index (χ1) is 3.93. The van der Waals surface area contributed by atoms with Crippen LogP contribution in [0.15, 0.2) is 29.5 Å². The lowest BCUT2D eigenvalue weighted by atomic mass is 10.2. The monoisotopic (exact) mass is 124 g/mol. The molecule has 0 fully saturated rings. The highest BCUT2D eigenvalue weighted by Crippen LogP contribution is 2.05. The molecular weight excluding hydrogens is 116 g/mol. The molecule has 0 aromatic carbocycles. The predicted octanol–water partition coefficient (Wildman–Crippen LogP) is 2.48. The number of hydrogen-bond donors (Lipinski definition) is 0. The van der Waals surface area contributed by atoms with Gasteiger partial charge in [-0.15, -0.1) is 6.58 Å². The number of allylic oxidation sites excluding steroid dienone is 1. The molecule has 0 aliphatic carbocycles. The van der Waals surface area contributed by atoms with Gasteiger partial charge in [-0.25, -0.2) is 0 Å². The molecule has 1 aromatic heterocycles. The van der Waals surface area contributed by atoms with E-state index in [2.05, 4.69) is 23.4 Å². The Balaban J connectivity index is 2.62. The molecule has 0 aliphatic heterocycles. The maximum Gasteiger partial charge on any atom is -0.00581 e. The van der Waals surface area contributed by atoms with Crippen LogP contribution in [0.1, 0.15) is 5.56 Å². The summed E-state index contributed by atoms with van der Waals surface area (Å²) in [5.74, 6) is 0. The molecule has 0 saturated heterocycles. The highest BCUT2D eigenvalue weighted by Gasteiger charge is 1.84. The fourth-order valence-corrected chi connectivity index (χ4v) is 1.26. The first-order valence-electron chi connectivity index (χ1n) is 2.55. The number of thiophene rings is 1. The predicted molar refractivity (Wildman–Crippen MR) is 38.2 cm³/mol. The third kappa shape index (κ3) is 1.20. The Kier molecular flexibility index (Phi) is 1.86. The van der Waals surface area contributed by atoms with Crippen molar-refractivity contribution in [2.75, 3.05) is 0 Å². The van der Waals surface area contributed by atoms with Crippen molar-refractivity contribution in [3.8, 4) is 0 Å². The smallest absolute Gasteiger partial charge is 0.00581 e. The molecule has 0 spiro atoms. The molecule has 0 radical (unpaired) electrons. The minimum atomic E-state index is 1.00. The zero-order valence-corrected chi connectivity index (χ0v) is 5.45. The first-order valence-corrected chi connectivity index (χ1v) is 3.49. The summed E-state index contributed by atoms with van der Waals surface area (Å²) >= 11 is 1.73. The van der Waals surface area contributed by atoms with Gasteiger partial charge in [0.1, 0.15) is 0 Å². The molecule has 0 atom stereocenters. The molecule has 1 aromatic rings. The lowest BCUT2D eigenvalue weighted by Gasteiger charge is -1.81. The van der Waals surface area contributed by atoms with Crippen molar-refractivity contribution in [3.63, 3.8) is 0 Å². The van der Waals surface area contributed by atoms with Gasteiger partial charge < -0.3 is 0 Å². The maximum atomic E-state index is 3.64. The van der Waals surface area contributed by atoms with Gasteiger partial charge in [0.2, 0.25) is 0 Å². The van der Waals surface area contributed by atoms with E-state index in [-0.39, 0.29) is 0 Å². The Labute approximate surface area is 53.5 Å². The fraction of sp³-hybridized carbons (Fsp3) is 0.143. The fourth-order valence-electron chi connectivity index (χ4n) is 0.575. The standard InChI is InChI=1S/C7H8S/c1-2-3-7-4-5-8-6-7/h2,4-6H,1,3H2. The van der Waals surface area contributed by atoms with Crippen LogP contribution < -0.4 is 0 Å². The second-order valence-electron chi connectivity index (χ2n) is 1.62. The average Bonchev–Trinajstić information content (AvgIpc) is 2.19. The summed E-state index contributed by atoms with van der Waals surface area (Å²) in [5.41, 5.74) is 1.37. The third-order valence-electron chi connectivity index (χ3n) is 0.960. The van der Waals surface area contributed by atoms with E-state index < -0.39 is 0 Å². The van der Waals surface area contributed by atoms with Gasteiger partial charge in [0.25, 0.3) is 0 Å². The van der Waals surface area contributed by atoms with E-state index in [1.165, 1.54) is 5.56 Å². The molecule has 42 valence electrons. The highest BCUT2D eigenvalue weighted by atomic mass is 32.1. The van der Waals surface area contributed by atoms with Gasteiger partial charge >= 0.3 is 0 Å². The van der Waals surface area contributed by atoms with E-state index >= 15 is 0 Å². The van der Waals surface area contributed by atoms with Crippen molar-refractivity contribution in [2.45, 2.75) is 6.42 Å².